The van der Waals surface area contributed by atoms with Crippen molar-refractivity contribution in [2.24, 2.45) is 5.73 Å². The van der Waals surface area contributed by atoms with Crippen LogP contribution in [0.15, 0.2) is 18.2 Å². The topological polar surface area (TPSA) is 58.4 Å². The molecule has 1 aromatic rings. The van der Waals surface area contributed by atoms with E-state index in [2.05, 4.69) is 5.32 Å². The van der Waals surface area contributed by atoms with Crippen LogP contribution in [0.25, 0.3) is 0 Å². The van der Waals surface area contributed by atoms with E-state index in [9.17, 15) is 18.0 Å². The number of carbonyl (C=O) groups is 1. The molecule has 0 heterocycles. The Balaban J connectivity index is 3.20. The molecule has 4 nitrogen and oxygen atoms in total. The lowest BCUT2D eigenvalue weighted by atomic mass is 10.1. The maximum absolute atomic E-state index is 12.6. The molecule has 0 aromatic heterocycles. The van der Waals surface area contributed by atoms with Crippen molar-refractivity contribution in [2.45, 2.75) is 6.18 Å². The van der Waals surface area contributed by atoms with E-state index in [0.29, 0.717) is 0 Å². The number of amides is 2. The molecular formula is C11H12F3N3OS. The van der Waals surface area contributed by atoms with Gasteiger partial charge in [-0.15, -0.1) is 0 Å². The summed E-state index contributed by atoms with van der Waals surface area (Å²) in [7, 11) is 3.00. The minimum absolute atomic E-state index is 0.0278. The van der Waals surface area contributed by atoms with Crippen LogP contribution in [0, 0.1) is 0 Å². The van der Waals surface area contributed by atoms with E-state index in [0.717, 1.165) is 18.2 Å². The number of anilines is 1. The van der Waals surface area contributed by atoms with Crippen molar-refractivity contribution in [1.82, 2.24) is 4.90 Å². The van der Waals surface area contributed by atoms with Gasteiger partial charge in [0, 0.05) is 19.7 Å². The number of hydrogen-bond donors (Lipinski definition) is 2. The molecule has 0 aliphatic carbocycles. The molecule has 8 heteroatoms. The molecule has 0 radical (unpaired) electrons. The van der Waals surface area contributed by atoms with Crippen LogP contribution in [-0.2, 0) is 6.18 Å². The van der Waals surface area contributed by atoms with E-state index in [-0.39, 0.29) is 16.2 Å². The third-order valence-electron chi connectivity index (χ3n) is 2.26. The average molecular weight is 291 g/mol. The number of benzene rings is 1. The molecule has 0 bridgehead atoms. The number of thiocarbonyl (C=S) groups is 1. The highest BCUT2D eigenvalue weighted by atomic mass is 32.1. The van der Waals surface area contributed by atoms with Gasteiger partial charge in [0.25, 0.3) is 0 Å². The fraction of sp³-hybridized carbons (Fsp3) is 0.273. The number of alkyl halides is 3. The minimum Gasteiger partial charge on any atom is -0.389 e. The van der Waals surface area contributed by atoms with Crippen molar-refractivity contribution in [3.05, 3.63) is 29.3 Å². The minimum atomic E-state index is -4.50. The first kappa shape index (κ1) is 15.2. The fourth-order valence-electron chi connectivity index (χ4n) is 1.26. The molecule has 0 aliphatic rings. The van der Waals surface area contributed by atoms with Gasteiger partial charge in [-0.3, -0.25) is 0 Å². The molecule has 0 spiro atoms. The van der Waals surface area contributed by atoms with Gasteiger partial charge in [0.15, 0.2) is 0 Å². The molecule has 19 heavy (non-hydrogen) atoms. The third kappa shape index (κ3) is 3.82. The second-order valence-corrected chi connectivity index (χ2v) is 4.39. The average Bonchev–Trinajstić information content (AvgIpc) is 2.27. The summed E-state index contributed by atoms with van der Waals surface area (Å²) < 4.78 is 37.7. The Morgan fingerprint density at radius 2 is 1.95 bits per heavy atom. The molecule has 0 aliphatic heterocycles. The Hall–Kier alpha value is -1.83. The van der Waals surface area contributed by atoms with E-state index >= 15 is 0 Å². The first-order chi connectivity index (χ1) is 8.62. The molecular weight excluding hydrogens is 279 g/mol. The van der Waals surface area contributed by atoms with Gasteiger partial charge in [0.1, 0.15) is 4.99 Å². The quantitative estimate of drug-likeness (QED) is 0.823. The highest BCUT2D eigenvalue weighted by Crippen LogP contribution is 2.31. The van der Waals surface area contributed by atoms with Gasteiger partial charge in [0.2, 0.25) is 0 Å². The van der Waals surface area contributed by atoms with Crippen LogP contribution < -0.4 is 11.1 Å². The molecule has 0 unspecified atom stereocenters. The lowest BCUT2D eigenvalue weighted by molar-refractivity contribution is -0.137. The largest absolute Gasteiger partial charge is 0.416 e. The molecule has 3 N–H and O–H groups in total. The summed E-state index contributed by atoms with van der Waals surface area (Å²) in [6, 6.07) is 2.30. The maximum Gasteiger partial charge on any atom is 0.416 e. The third-order valence-corrected chi connectivity index (χ3v) is 2.48. The van der Waals surface area contributed by atoms with Gasteiger partial charge in [-0.2, -0.15) is 13.2 Å². The Bertz CT molecular complexity index is 514. The fourth-order valence-corrected chi connectivity index (χ4v) is 1.43. The van der Waals surface area contributed by atoms with Crippen molar-refractivity contribution < 1.29 is 18.0 Å². The summed E-state index contributed by atoms with van der Waals surface area (Å²) in [6.07, 6.45) is -4.50. The van der Waals surface area contributed by atoms with E-state index in [1.54, 1.807) is 0 Å². The Kier molecular flexibility index (Phi) is 4.35. The molecule has 0 saturated carbocycles. The van der Waals surface area contributed by atoms with Crippen molar-refractivity contribution in [2.75, 3.05) is 19.4 Å². The van der Waals surface area contributed by atoms with Crippen LogP contribution in [-0.4, -0.2) is 30.0 Å². The predicted octanol–water partition coefficient (Wildman–Crippen LogP) is 2.43. The highest BCUT2D eigenvalue weighted by molar-refractivity contribution is 7.80. The van der Waals surface area contributed by atoms with Gasteiger partial charge in [-0.05, 0) is 18.2 Å². The number of nitrogens with two attached hydrogens (primary N) is 1. The van der Waals surface area contributed by atoms with Crippen LogP contribution in [0.3, 0.4) is 0 Å². The molecule has 0 fully saturated rings. The SMILES string of the molecule is CN(C)C(=O)Nc1ccc(C(F)(F)F)cc1C(N)=S. The maximum atomic E-state index is 12.6. The van der Waals surface area contributed by atoms with Gasteiger partial charge in [-0.1, -0.05) is 12.2 Å². The normalized spacial score (nSPS) is 11.0. The summed E-state index contributed by atoms with van der Waals surface area (Å²) in [5.74, 6) is 0. The number of rotatable bonds is 2. The van der Waals surface area contributed by atoms with E-state index in [1.807, 2.05) is 0 Å². The van der Waals surface area contributed by atoms with Crippen LogP contribution in [0.2, 0.25) is 0 Å². The Morgan fingerprint density at radius 3 is 2.37 bits per heavy atom. The first-order valence-electron chi connectivity index (χ1n) is 5.12. The molecule has 0 saturated heterocycles. The Morgan fingerprint density at radius 1 is 1.37 bits per heavy atom. The number of nitrogens with zero attached hydrogens (tertiary/aromatic N) is 1. The van der Waals surface area contributed by atoms with Gasteiger partial charge >= 0.3 is 12.2 Å². The molecule has 2 amide bonds. The number of carbonyl (C=O) groups excluding carboxylic acids is 1. The number of halogens is 3. The van der Waals surface area contributed by atoms with Crippen LogP contribution in [0.5, 0.6) is 0 Å². The zero-order chi connectivity index (χ0) is 14.8. The second kappa shape index (κ2) is 5.43. The van der Waals surface area contributed by atoms with Crippen LogP contribution in [0.4, 0.5) is 23.7 Å². The molecule has 104 valence electrons. The van der Waals surface area contributed by atoms with Crippen molar-refractivity contribution in [3.63, 3.8) is 0 Å². The van der Waals surface area contributed by atoms with E-state index < -0.39 is 17.8 Å². The second-order valence-electron chi connectivity index (χ2n) is 3.95. The summed E-state index contributed by atoms with van der Waals surface area (Å²) in [5, 5.41) is 2.42. The van der Waals surface area contributed by atoms with E-state index in [1.165, 1.54) is 19.0 Å². The predicted molar refractivity (Wildman–Crippen MR) is 70.0 cm³/mol. The lowest BCUT2D eigenvalue weighted by Gasteiger charge is -2.16. The standard InChI is InChI=1S/C11H12F3N3OS/c1-17(2)10(18)16-8-4-3-6(11(12,13)14)5-7(8)9(15)19/h3-5H,1-2H3,(H2,15,19)(H,16,18). The zero-order valence-electron chi connectivity index (χ0n) is 10.2. The van der Waals surface area contributed by atoms with Crippen molar-refractivity contribution >= 4 is 28.9 Å². The van der Waals surface area contributed by atoms with E-state index in [4.69, 9.17) is 18.0 Å². The molecule has 1 rings (SSSR count). The Labute approximate surface area is 113 Å². The first-order valence-corrected chi connectivity index (χ1v) is 5.53. The highest BCUT2D eigenvalue weighted by Gasteiger charge is 2.31. The van der Waals surface area contributed by atoms with Crippen molar-refractivity contribution in [1.29, 1.82) is 0 Å². The van der Waals surface area contributed by atoms with Gasteiger partial charge in [0.05, 0.1) is 11.3 Å². The van der Waals surface area contributed by atoms with Gasteiger partial charge < -0.3 is 16.0 Å². The van der Waals surface area contributed by atoms with Crippen LogP contribution >= 0.6 is 12.2 Å². The smallest absolute Gasteiger partial charge is 0.389 e. The molecule has 0 atom stereocenters. The zero-order valence-corrected chi connectivity index (χ0v) is 11.0. The summed E-state index contributed by atoms with van der Waals surface area (Å²) in [5.41, 5.74) is 4.61. The summed E-state index contributed by atoms with van der Waals surface area (Å²) >= 11 is 4.70. The number of hydrogen-bond acceptors (Lipinski definition) is 2. The molecule has 1 aromatic carbocycles. The monoisotopic (exact) mass is 291 g/mol. The lowest BCUT2D eigenvalue weighted by Crippen LogP contribution is -2.28. The number of urea groups is 1. The van der Waals surface area contributed by atoms with Crippen molar-refractivity contribution in [3.8, 4) is 0 Å². The summed E-state index contributed by atoms with van der Waals surface area (Å²) in [4.78, 5) is 12.5. The number of nitrogens with one attached hydrogen (secondary N) is 1. The van der Waals surface area contributed by atoms with Gasteiger partial charge in [-0.25, -0.2) is 4.79 Å². The summed E-state index contributed by atoms with van der Waals surface area (Å²) in [6.45, 7) is 0. The van der Waals surface area contributed by atoms with Crippen LogP contribution in [0.1, 0.15) is 11.1 Å².